The van der Waals surface area contributed by atoms with Gasteiger partial charge in [0.05, 0.1) is 47.0 Å². The second-order valence-electron chi connectivity index (χ2n) is 25.9. The summed E-state index contributed by atoms with van der Waals surface area (Å²) in [5, 5.41) is 41.1. The number of amides is 3. The lowest BCUT2D eigenvalue weighted by Gasteiger charge is -2.36. The zero-order chi connectivity index (χ0) is 71.2. The number of phenolic OH excluding ortho intramolecular Hbond substituents is 1. The van der Waals surface area contributed by atoms with Crippen molar-refractivity contribution < 1.29 is 50.7 Å². The number of nitrogens with zero attached hydrogens (tertiary/aromatic N) is 10. The van der Waals surface area contributed by atoms with Crippen molar-refractivity contribution in [2.75, 3.05) is 33.9 Å². The molecular formula is C70H76Cl4N12O11S2Si. The Morgan fingerprint density at radius 1 is 0.650 bits per heavy atom. The second-order valence-corrected chi connectivity index (χ2v) is 36.0. The lowest BCUT2D eigenvalue weighted by molar-refractivity contribution is -0.140. The van der Waals surface area contributed by atoms with Gasteiger partial charge < -0.3 is 25.7 Å². The van der Waals surface area contributed by atoms with E-state index >= 15 is 0 Å². The Bertz CT molecular complexity index is 4720. The highest BCUT2D eigenvalue weighted by molar-refractivity contribution is 7.89. The molecule has 4 aliphatic heterocycles. The number of aliphatic carboxylic acids is 1. The standard InChI is InChI=1S/C31H26Cl2N6O5S.C25H21Cl2N5O5S.C12H21NOSi.2CH4/c1-31(16-19-4-6-20(17-34)7-5-19)29(42)38(24-14-21(32)13-22(33)15-24)30-35-18-27(39(30)31)45(43,44)37-12-2-3-26(37)28(41)36-23-8-10-25(40)11-9-23;1-25(12-15-4-6-16(13-28)7-5-15)23(35)31(19-10-17(26)9-18(27)11-19)24-29-14-21(32(24)25)38(36,37)30-8-2-3-20(30)22(33)34;1-12(2,3)15(4,5)14-11-8-6-10(13)7-9-11;;/h4-11,13-15,18,26,40H,2-3,12,16H2,1H3,(H,36,41);4-7,9-11,14,20H,2-3,8,12H2,1H3,(H,33,34);6-9H,13H2,1-5H3;2*1H4/t26-,31+;20-,25+;;;/m00.../s1. The first-order chi connectivity index (χ1) is 46.1. The van der Waals surface area contributed by atoms with Crippen LogP contribution in [0.4, 0.5) is 34.6 Å². The van der Waals surface area contributed by atoms with E-state index in [0.29, 0.717) is 58.6 Å². The van der Waals surface area contributed by atoms with Crippen molar-refractivity contribution in [3.05, 3.63) is 188 Å². The Balaban J connectivity index is 0.000000210. The molecule has 12 rings (SSSR count). The summed E-state index contributed by atoms with van der Waals surface area (Å²) in [7, 11) is -10.4. The van der Waals surface area contributed by atoms with Crippen molar-refractivity contribution in [2.24, 2.45) is 0 Å². The quantitative estimate of drug-likeness (QED) is 0.0421. The third-order valence-electron chi connectivity index (χ3n) is 17.9. The fraction of sp³-hybridized carbons (Fsp3) is 0.314. The Morgan fingerprint density at radius 2 is 1.04 bits per heavy atom. The lowest BCUT2D eigenvalue weighted by Crippen LogP contribution is -2.46. The molecule has 0 radical (unpaired) electrons. The van der Waals surface area contributed by atoms with Gasteiger partial charge in [0.25, 0.3) is 31.9 Å². The molecule has 0 unspecified atom stereocenters. The SMILES string of the molecule is C.C.CC(C)(C)[Si](C)(C)Oc1ccc(N)cc1.C[C@@]1(Cc2ccc(C#N)cc2)C(=O)N(c2cc(Cl)cc(Cl)c2)c2ncc(S(=O)(=O)N3CCC[C@H]3C(=O)Nc3ccc(O)cc3)n21.C[C@@]1(Cc2ccc(C#N)cc2)C(=O)N(c2cc(Cl)cc(Cl)c2)c2ncc(S(=O)(=O)N3CCC[C@H]3C(=O)O)n21. The smallest absolute Gasteiger partial charge is 0.322 e. The largest absolute Gasteiger partial charge is 0.544 e. The number of carboxylic acid groups (broad SMARTS) is 1. The first-order valence-corrected chi connectivity index (χ1v) is 38.1. The number of nitrogen functional groups attached to an aromatic ring is 1. The maximum Gasteiger partial charge on any atom is 0.322 e. The first-order valence-electron chi connectivity index (χ1n) is 30.8. The minimum Gasteiger partial charge on any atom is -0.544 e. The van der Waals surface area contributed by atoms with Gasteiger partial charge in [-0.05, 0) is 178 Å². The molecule has 0 spiro atoms. The Labute approximate surface area is 603 Å². The molecule has 23 nitrogen and oxygen atoms in total. The number of carbonyl (C=O) groups excluding carboxylic acids is 3. The number of benzene rings is 6. The van der Waals surface area contributed by atoms with Gasteiger partial charge >= 0.3 is 5.97 Å². The molecular weight excluding hydrogens is 1420 g/mol. The van der Waals surface area contributed by atoms with Crippen molar-refractivity contribution in [1.82, 2.24) is 27.7 Å². The molecule has 2 saturated heterocycles. The molecule has 2 aromatic heterocycles. The number of nitrogens with two attached hydrogens (primary N) is 1. The topological polar surface area (TPSA) is 320 Å². The van der Waals surface area contributed by atoms with Crippen LogP contribution in [0, 0.1) is 22.7 Å². The lowest BCUT2D eigenvalue weighted by atomic mass is 9.91. The van der Waals surface area contributed by atoms with Crippen molar-refractivity contribution >= 4 is 133 Å². The van der Waals surface area contributed by atoms with Gasteiger partial charge in [-0.2, -0.15) is 19.1 Å². The number of phenols is 1. The molecule has 2 fully saturated rings. The summed E-state index contributed by atoms with van der Waals surface area (Å²) in [6.45, 7) is 14.5. The van der Waals surface area contributed by atoms with E-state index in [2.05, 4.69) is 55.2 Å². The molecule has 0 aliphatic carbocycles. The molecule has 100 heavy (non-hydrogen) atoms. The third-order valence-corrected chi connectivity index (χ3v) is 26.9. The van der Waals surface area contributed by atoms with E-state index in [1.54, 1.807) is 62.4 Å². The number of fused-ring (bicyclic) bond motifs is 2. The summed E-state index contributed by atoms with van der Waals surface area (Å²) in [6, 6.07) is 37.8. The van der Waals surface area contributed by atoms with Crippen LogP contribution in [0.2, 0.25) is 38.2 Å². The molecule has 6 heterocycles. The van der Waals surface area contributed by atoms with Crippen LogP contribution in [0.5, 0.6) is 11.5 Å². The van der Waals surface area contributed by atoms with E-state index < -0.39 is 75.2 Å². The number of nitrogens with one attached hydrogen (secondary N) is 1. The number of rotatable bonds is 15. The molecule has 3 amide bonds. The summed E-state index contributed by atoms with van der Waals surface area (Å²) < 4.78 is 67.4. The fourth-order valence-electron chi connectivity index (χ4n) is 12.0. The number of halogens is 4. The summed E-state index contributed by atoms with van der Waals surface area (Å²) >= 11 is 25.0. The molecule has 6 aromatic carbocycles. The molecule has 4 atom stereocenters. The molecule has 4 aliphatic rings. The van der Waals surface area contributed by atoms with E-state index in [-0.39, 0.29) is 100 Å². The number of aromatic hydroxyl groups is 1. The zero-order valence-corrected chi connectivity index (χ0v) is 59.8. The highest BCUT2D eigenvalue weighted by atomic mass is 35.5. The number of sulfonamides is 2. The minimum atomic E-state index is -4.37. The van der Waals surface area contributed by atoms with Crippen LogP contribution in [0.25, 0.3) is 0 Å². The predicted molar refractivity (Wildman–Crippen MR) is 389 cm³/mol. The number of carbonyl (C=O) groups is 4. The van der Waals surface area contributed by atoms with Gasteiger partial charge in [-0.25, -0.2) is 36.6 Å². The van der Waals surface area contributed by atoms with Crippen molar-refractivity contribution in [3.63, 3.8) is 0 Å². The molecule has 5 N–H and O–H groups in total. The average Bonchev–Trinajstić information content (AvgIpc) is 1.55. The fourth-order valence-corrected chi connectivity index (χ4v) is 17.7. The van der Waals surface area contributed by atoms with Crippen LogP contribution in [0.3, 0.4) is 0 Å². The van der Waals surface area contributed by atoms with Gasteiger partial charge in [-0.3, -0.25) is 28.3 Å². The van der Waals surface area contributed by atoms with Gasteiger partial charge in [-0.1, -0.05) is 106 Å². The summed E-state index contributed by atoms with van der Waals surface area (Å²) in [5.41, 5.74) is 6.70. The highest BCUT2D eigenvalue weighted by Crippen LogP contribution is 2.48. The van der Waals surface area contributed by atoms with E-state index in [1.165, 1.54) is 85.8 Å². The number of nitriles is 2. The normalized spacial score (nSPS) is 19.0. The zero-order valence-electron chi connectivity index (χ0n) is 54.1. The monoisotopic (exact) mass is 1490 g/mol. The number of carboxylic acids is 1. The van der Waals surface area contributed by atoms with Gasteiger partial charge in [0.2, 0.25) is 26.1 Å². The van der Waals surface area contributed by atoms with Crippen LogP contribution < -0.4 is 25.3 Å². The molecule has 526 valence electrons. The highest BCUT2D eigenvalue weighted by Gasteiger charge is 2.55. The minimum absolute atomic E-state index is 0. The van der Waals surface area contributed by atoms with Crippen molar-refractivity contribution in [1.29, 1.82) is 10.5 Å². The maximum atomic E-state index is 14.4. The van der Waals surface area contributed by atoms with E-state index in [9.17, 15) is 51.5 Å². The van der Waals surface area contributed by atoms with E-state index in [1.807, 2.05) is 30.3 Å². The Kier molecular flexibility index (Phi) is 22.9. The number of imidazole rings is 2. The van der Waals surface area contributed by atoms with Gasteiger partial charge in [-0.15, -0.1) is 0 Å². The van der Waals surface area contributed by atoms with Crippen molar-refractivity contribution in [2.45, 2.75) is 139 Å². The van der Waals surface area contributed by atoms with Gasteiger partial charge in [0.15, 0.2) is 10.1 Å². The van der Waals surface area contributed by atoms with E-state index in [0.717, 1.165) is 26.2 Å². The predicted octanol–water partition coefficient (Wildman–Crippen LogP) is 14.1. The summed E-state index contributed by atoms with van der Waals surface area (Å²) in [4.78, 5) is 64.8. The summed E-state index contributed by atoms with van der Waals surface area (Å²) in [6.07, 6.45) is 3.79. The van der Waals surface area contributed by atoms with Crippen LogP contribution >= 0.6 is 46.4 Å². The number of hydrogen-bond donors (Lipinski definition) is 4. The molecule has 30 heteroatoms. The van der Waals surface area contributed by atoms with E-state index in [4.69, 9.17) is 61.8 Å². The number of anilines is 6. The van der Waals surface area contributed by atoms with Crippen LogP contribution in [0.15, 0.2) is 156 Å². The van der Waals surface area contributed by atoms with Gasteiger partial charge in [0, 0.05) is 57.4 Å². The second kappa shape index (κ2) is 29.8. The number of hydrogen-bond acceptors (Lipinski definition) is 15. The van der Waals surface area contributed by atoms with Gasteiger partial charge in [0.1, 0.15) is 34.7 Å². The molecule has 0 saturated carbocycles. The Hall–Kier alpha value is -8.80. The average molecular weight is 1500 g/mol. The van der Waals surface area contributed by atoms with Crippen LogP contribution in [-0.2, 0) is 63.1 Å². The Morgan fingerprint density at radius 3 is 1.42 bits per heavy atom. The maximum absolute atomic E-state index is 14.4. The van der Waals surface area contributed by atoms with Crippen LogP contribution in [0.1, 0.15) is 97.4 Å². The number of aromatic nitrogens is 4. The molecule has 8 aromatic rings. The molecule has 0 bridgehead atoms. The third kappa shape index (κ3) is 15.3. The van der Waals surface area contributed by atoms with Crippen LogP contribution in [-0.4, -0.2) is 112 Å². The van der Waals surface area contributed by atoms with Crippen molar-refractivity contribution in [3.8, 4) is 23.6 Å². The first kappa shape index (κ1) is 76.9. The summed E-state index contributed by atoms with van der Waals surface area (Å²) in [5.74, 6) is -1.65.